The van der Waals surface area contributed by atoms with E-state index in [1.54, 1.807) is 13.2 Å². The molecule has 5 nitrogen and oxygen atoms in total. The van der Waals surface area contributed by atoms with E-state index in [1.165, 1.54) is 12.3 Å². The zero-order valence-corrected chi connectivity index (χ0v) is 11.3. The number of ether oxygens (including phenoxy) is 2. The molecule has 0 saturated heterocycles. The molecule has 2 aromatic rings. The average molecular weight is 273 g/mol. The molecule has 1 N–H and O–H groups in total. The molecule has 0 atom stereocenters. The first-order valence-electron chi connectivity index (χ1n) is 6.18. The maximum absolute atomic E-state index is 10.7. The van der Waals surface area contributed by atoms with Crippen LogP contribution in [0.25, 0.3) is 0 Å². The number of aryl methyl sites for hydroxylation is 1. The van der Waals surface area contributed by atoms with E-state index >= 15 is 0 Å². The maximum atomic E-state index is 10.7. The molecule has 104 valence electrons. The molecule has 1 heterocycles. The highest BCUT2D eigenvalue weighted by atomic mass is 16.5. The summed E-state index contributed by atoms with van der Waals surface area (Å²) in [5.74, 6) is 0.584. The summed E-state index contributed by atoms with van der Waals surface area (Å²) in [6.07, 6.45) is 2.28. The third-order valence-corrected chi connectivity index (χ3v) is 2.82. The van der Waals surface area contributed by atoms with Gasteiger partial charge in [0.25, 0.3) is 0 Å². The first kappa shape index (κ1) is 13.9. The Hall–Kier alpha value is -2.56. The van der Waals surface area contributed by atoms with Crippen molar-refractivity contribution in [3.05, 3.63) is 47.8 Å². The molecule has 0 spiro atoms. The van der Waals surface area contributed by atoms with Gasteiger partial charge in [0.05, 0.1) is 13.3 Å². The number of carboxylic acids is 1. The van der Waals surface area contributed by atoms with E-state index in [0.717, 1.165) is 12.0 Å². The van der Waals surface area contributed by atoms with Crippen LogP contribution in [-0.2, 0) is 6.42 Å². The van der Waals surface area contributed by atoms with E-state index in [0.29, 0.717) is 17.2 Å². The normalized spacial score (nSPS) is 10.1. The highest BCUT2D eigenvalue weighted by Crippen LogP contribution is 2.32. The molecule has 1 aromatic heterocycles. The molecule has 0 radical (unpaired) electrons. The van der Waals surface area contributed by atoms with Gasteiger partial charge in [0.15, 0.2) is 11.5 Å². The SMILES string of the molecule is CCc1ccc(Oc2ccc(C(=O)O)nc2)c(OC)c1. The lowest BCUT2D eigenvalue weighted by atomic mass is 10.1. The van der Waals surface area contributed by atoms with E-state index in [1.807, 2.05) is 18.2 Å². The predicted octanol–water partition coefficient (Wildman–Crippen LogP) is 3.14. The molecular weight excluding hydrogens is 258 g/mol. The van der Waals surface area contributed by atoms with Crippen molar-refractivity contribution in [1.82, 2.24) is 4.98 Å². The van der Waals surface area contributed by atoms with Crippen molar-refractivity contribution in [2.45, 2.75) is 13.3 Å². The quantitative estimate of drug-likeness (QED) is 0.906. The van der Waals surface area contributed by atoms with Crippen LogP contribution in [0, 0.1) is 0 Å². The van der Waals surface area contributed by atoms with Crippen molar-refractivity contribution in [2.24, 2.45) is 0 Å². The third kappa shape index (κ3) is 3.06. The van der Waals surface area contributed by atoms with E-state index in [2.05, 4.69) is 11.9 Å². The number of hydrogen-bond donors (Lipinski definition) is 1. The summed E-state index contributed by atoms with van der Waals surface area (Å²) in [5.41, 5.74) is 1.12. The Bertz CT molecular complexity index is 608. The molecule has 5 heteroatoms. The molecule has 20 heavy (non-hydrogen) atoms. The fourth-order valence-electron chi connectivity index (χ4n) is 1.71. The van der Waals surface area contributed by atoms with Gasteiger partial charge in [-0.3, -0.25) is 0 Å². The monoisotopic (exact) mass is 273 g/mol. The van der Waals surface area contributed by atoms with Crippen LogP contribution in [0.15, 0.2) is 36.5 Å². The summed E-state index contributed by atoms with van der Waals surface area (Å²) < 4.78 is 10.9. The summed E-state index contributed by atoms with van der Waals surface area (Å²) in [4.78, 5) is 14.5. The van der Waals surface area contributed by atoms with Crippen LogP contribution in [-0.4, -0.2) is 23.2 Å². The second kappa shape index (κ2) is 6.06. The van der Waals surface area contributed by atoms with Gasteiger partial charge in [-0.25, -0.2) is 9.78 Å². The van der Waals surface area contributed by atoms with E-state index in [-0.39, 0.29) is 5.69 Å². The molecule has 0 saturated carbocycles. The third-order valence-electron chi connectivity index (χ3n) is 2.82. The highest BCUT2D eigenvalue weighted by Gasteiger charge is 2.08. The second-order valence-corrected chi connectivity index (χ2v) is 4.13. The van der Waals surface area contributed by atoms with E-state index in [9.17, 15) is 4.79 Å². The van der Waals surface area contributed by atoms with Crippen LogP contribution >= 0.6 is 0 Å². The number of hydrogen-bond acceptors (Lipinski definition) is 4. The Labute approximate surface area is 116 Å². The van der Waals surface area contributed by atoms with Crippen molar-refractivity contribution in [3.63, 3.8) is 0 Å². The van der Waals surface area contributed by atoms with E-state index < -0.39 is 5.97 Å². The number of carbonyl (C=O) groups is 1. The first-order valence-corrected chi connectivity index (χ1v) is 6.18. The lowest BCUT2D eigenvalue weighted by Gasteiger charge is -2.11. The predicted molar refractivity (Wildman–Crippen MR) is 73.6 cm³/mol. The van der Waals surface area contributed by atoms with Crippen molar-refractivity contribution in [3.8, 4) is 17.2 Å². The van der Waals surface area contributed by atoms with Gasteiger partial charge in [-0.2, -0.15) is 0 Å². The zero-order valence-electron chi connectivity index (χ0n) is 11.3. The van der Waals surface area contributed by atoms with Gasteiger partial charge >= 0.3 is 5.97 Å². The Morgan fingerprint density at radius 3 is 2.60 bits per heavy atom. The second-order valence-electron chi connectivity index (χ2n) is 4.13. The molecule has 0 aliphatic heterocycles. The molecule has 1 aromatic carbocycles. The fraction of sp³-hybridized carbons (Fsp3) is 0.200. The molecule has 0 bridgehead atoms. The Kier molecular flexibility index (Phi) is 4.20. The van der Waals surface area contributed by atoms with Crippen LogP contribution in [0.2, 0.25) is 0 Å². The lowest BCUT2D eigenvalue weighted by Crippen LogP contribution is -1.99. The van der Waals surface area contributed by atoms with Gasteiger partial charge in [0, 0.05) is 0 Å². The number of methoxy groups -OCH3 is 1. The Morgan fingerprint density at radius 1 is 1.25 bits per heavy atom. The van der Waals surface area contributed by atoms with E-state index in [4.69, 9.17) is 14.6 Å². The Balaban J connectivity index is 2.23. The topological polar surface area (TPSA) is 68.7 Å². The number of pyridine rings is 1. The molecule has 0 unspecified atom stereocenters. The highest BCUT2D eigenvalue weighted by molar-refractivity contribution is 5.85. The van der Waals surface area contributed by atoms with Gasteiger partial charge < -0.3 is 14.6 Å². The summed E-state index contributed by atoms with van der Waals surface area (Å²) in [5, 5.41) is 8.78. The number of benzene rings is 1. The van der Waals surface area contributed by atoms with Crippen LogP contribution in [0.4, 0.5) is 0 Å². The lowest BCUT2D eigenvalue weighted by molar-refractivity contribution is 0.0690. The summed E-state index contributed by atoms with van der Waals surface area (Å²) in [6.45, 7) is 2.06. The number of nitrogens with zero attached hydrogens (tertiary/aromatic N) is 1. The van der Waals surface area contributed by atoms with Gasteiger partial charge in [0.1, 0.15) is 11.4 Å². The zero-order chi connectivity index (χ0) is 14.5. The summed E-state index contributed by atoms with van der Waals surface area (Å²) in [6, 6.07) is 8.64. The minimum atomic E-state index is -1.07. The molecule has 0 amide bonds. The number of carboxylic acid groups (broad SMARTS) is 1. The molecule has 0 aliphatic carbocycles. The standard InChI is InChI=1S/C15H15NO4/c1-3-10-4-7-13(14(8-10)19-2)20-11-5-6-12(15(17)18)16-9-11/h4-9H,3H2,1-2H3,(H,17,18). The Morgan fingerprint density at radius 2 is 2.05 bits per heavy atom. The maximum Gasteiger partial charge on any atom is 0.354 e. The summed E-state index contributed by atoms with van der Waals surface area (Å²) in [7, 11) is 1.58. The van der Waals surface area contributed by atoms with Crippen molar-refractivity contribution in [1.29, 1.82) is 0 Å². The van der Waals surface area contributed by atoms with Gasteiger partial charge in [-0.05, 0) is 36.2 Å². The summed E-state index contributed by atoms with van der Waals surface area (Å²) >= 11 is 0. The minimum Gasteiger partial charge on any atom is -0.493 e. The molecule has 0 aliphatic rings. The van der Waals surface area contributed by atoms with Gasteiger partial charge in [-0.15, -0.1) is 0 Å². The number of aromatic carboxylic acids is 1. The van der Waals surface area contributed by atoms with Crippen LogP contribution in [0.5, 0.6) is 17.2 Å². The van der Waals surface area contributed by atoms with Crippen LogP contribution < -0.4 is 9.47 Å². The molecular formula is C15H15NO4. The van der Waals surface area contributed by atoms with Crippen molar-refractivity contribution in [2.75, 3.05) is 7.11 Å². The minimum absolute atomic E-state index is 0.0226. The average Bonchev–Trinajstić information content (AvgIpc) is 2.48. The first-order chi connectivity index (χ1) is 9.63. The molecule has 0 fully saturated rings. The van der Waals surface area contributed by atoms with Gasteiger partial charge in [0.2, 0.25) is 0 Å². The van der Waals surface area contributed by atoms with Crippen LogP contribution in [0.1, 0.15) is 23.0 Å². The number of aromatic nitrogens is 1. The van der Waals surface area contributed by atoms with Crippen LogP contribution in [0.3, 0.4) is 0 Å². The van der Waals surface area contributed by atoms with Gasteiger partial charge in [-0.1, -0.05) is 13.0 Å². The molecule has 2 rings (SSSR count). The number of rotatable bonds is 5. The smallest absolute Gasteiger partial charge is 0.354 e. The van der Waals surface area contributed by atoms with Crippen molar-refractivity contribution >= 4 is 5.97 Å². The van der Waals surface area contributed by atoms with Crippen molar-refractivity contribution < 1.29 is 19.4 Å². The fourth-order valence-corrected chi connectivity index (χ4v) is 1.71. The largest absolute Gasteiger partial charge is 0.493 e.